The van der Waals surface area contributed by atoms with Gasteiger partial charge in [0.25, 0.3) is 5.69 Å². The molecule has 0 fully saturated rings. The molecule has 2 aromatic rings. The Hall–Kier alpha value is -3.36. The Morgan fingerprint density at radius 3 is 1.88 bits per heavy atom. The number of hydrogen-bond acceptors (Lipinski definition) is 9. The molecule has 2 rings (SSSR count). The second-order valence-electron chi connectivity index (χ2n) is 8.16. The largest absolute Gasteiger partial charge is 0.493 e. The lowest BCUT2D eigenvalue weighted by Gasteiger charge is -2.28. The summed E-state index contributed by atoms with van der Waals surface area (Å²) in [5.41, 5.74) is 1.55. The number of primary sulfonamides is 1. The number of ether oxygens (including phenoxy) is 2. The topological polar surface area (TPSA) is 185 Å². The van der Waals surface area contributed by atoms with Crippen molar-refractivity contribution in [3.05, 3.63) is 57.6 Å². The Kier molecular flexibility index (Phi) is 9.87. The number of nitro groups is 1. The highest BCUT2D eigenvalue weighted by molar-refractivity contribution is 7.92. The zero-order chi connectivity index (χ0) is 30.7. The van der Waals surface area contributed by atoms with Gasteiger partial charge in [0.2, 0.25) is 20.0 Å². The van der Waals surface area contributed by atoms with Crippen LogP contribution in [0.5, 0.6) is 11.5 Å². The molecule has 0 spiro atoms. The van der Waals surface area contributed by atoms with Crippen LogP contribution in [0, 0.1) is 10.1 Å². The van der Waals surface area contributed by atoms with Gasteiger partial charge in [0.15, 0.2) is 0 Å². The molecule has 224 valence electrons. The maximum atomic E-state index is 13.1. The fraction of sp³-hybridized carbons (Fsp3) is 0.400. The molecule has 0 saturated heterocycles. The molecule has 1 unspecified atom stereocenters. The van der Waals surface area contributed by atoms with Crippen LogP contribution in [0.25, 0.3) is 0 Å². The standard InChI is InChI=1S/C20H22F6N4O8S2/c1-39(33,34)29(3-5-38-16-8-12(19(21,22)23)6-14(27)10-16)18(40(28,35)36)2-4-37-17-9-13(20(24,25)26)7-15(11-17)30(31)32/h6-11,18H,2-5,27H2,1H3,(H2,28,35,36). The van der Waals surface area contributed by atoms with Crippen LogP contribution in [-0.4, -0.2) is 57.5 Å². The van der Waals surface area contributed by atoms with Crippen LogP contribution in [0.15, 0.2) is 36.4 Å². The highest BCUT2D eigenvalue weighted by Crippen LogP contribution is 2.35. The lowest BCUT2D eigenvalue weighted by molar-refractivity contribution is -0.385. The smallest absolute Gasteiger partial charge is 0.416 e. The van der Waals surface area contributed by atoms with E-state index in [0.29, 0.717) is 34.8 Å². The third-order valence-electron chi connectivity index (χ3n) is 5.03. The van der Waals surface area contributed by atoms with E-state index in [2.05, 4.69) is 0 Å². The van der Waals surface area contributed by atoms with Crippen molar-refractivity contribution >= 4 is 31.4 Å². The van der Waals surface area contributed by atoms with Crippen LogP contribution in [0.3, 0.4) is 0 Å². The second-order valence-corrected chi connectivity index (χ2v) is 11.8. The van der Waals surface area contributed by atoms with Gasteiger partial charge in [-0.2, -0.15) is 30.6 Å². The summed E-state index contributed by atoms with van der Waals surface area (Å²) in [7, 11) is -9.11. The number of anilines is 1. The summed E-state index contributed by atoms with van der Waals surface area (Å²) in [6, 6.07) is 3.54. The Balaban J connectivity index is 2.24. The molecular formula is C20H22F6N4O8S2. The number of sulfonamides is 2. The fourth-order valence-corrected chi connectivity index (χ4v) is 5.96. The molecule has 0 aliphatic rings. The average Bonchev–Trinajstić information content (AvgIpc) is 2.77. The molecule has 0 aromatic heterocycles. The Morgan fingerprint density at radius 1 is 0.900 bits per heavy atom. The summed E-state index contributed by atoms with van der Waals surface area (Å²) >= 11 is 0. The molecule has 0 amide bonds. The third kappa shape index (κ3) is 9.38. The molecule has 0 aliphatic heterocycles. The van der Waals surface area contributed by atoms with Crippen molar-refractivity contribution in [3.63, 3.8) is 0 Å². The van der Waals surface area contributed by atoms with E-state index in [4.69, 9.17) is 20.3 Å². The molecule has 0 radical (unpaired) electrons. The lowest BCUT2D eigenvalue weighted by atomic mass is 10.2. The van der Waals surface area contributed by atoms with Gasteiger partial charge in [0.05, 0.1) is 35.0 Å². The van der Waals surface area contributed by atoms with E-state index in [1.807, 2.05) is 0 Å². The van der Waals surface area contributed by atoms with Gasteiger partial charge in [-0.05, 0) is 18.2 Å². The van der Waals surface area contributed by atoms with Gasteiger partial charge in [-0.15, -0.1) is 0 Å². The van der Waals surface area contributed by atoms with Crippen molar-refractivity contribution in [2.45, 2.75) is 24.1 Å². The van der Waals surface area contributed by atoms with Gasteiger partial charge < -0.3 is 15.2 Å². The average molecular weight is 625 g/mol. The minimum atomic E-state index is -4.98. The number of nitrogens with zero attached hydrogens (tertiary/aromatic N) is 2. The van der Waals surface area contributed by atoms with Gasteiger partial charge in [0.1, 0.15) is 23.5 Å². The summed E-state index contributed by atoms with van der Waals surface area (Å²) in [4.78, 5) is 9.86. The number of nitro benzene ring substituents is 1. The van der Waals surface area contributed by atoms with Crippen molar-refractivity contribution in [1.82, 2.24) is 4.31 Å². The summed E-state index contributed by atoms with van der Waals surface area (Å²) in [6.07, 6.45) is -9.91. The maximum absolute atomic E-state index is 13.1. The molecule has 0 heterocycles. The molecule has 0 aliphatic carbocycles. The quantitative estimate of drug-likeness (QED) is 0.155. The van der Waals surface area contributed by atoms with E-state index in [1.165, 1.54) is 0 Å². The number of non-ortho nitro benzene ring substituents is 1. The van der Waals surface area contributed by atoms with E-state index < -0.39 is 97.2 Å². The first kappa shape index (κ1) is 32.8. The number of hydrogen-bond donors (Lipinski definition) is 2. The molecule has 40 heavy (non-hydrogen) atoms. The van der Waals surface area contributed by atoms with Crippen molar-refractivity contribution in [3.8, 4) is 11.5 Å². The van der Waals surface area contributed by atoms with Crippen LogP contribution in [0.2, 0.25) is 0 Å². The van der Waals surface area contributed by atoms with Gasteiger partial charge >= 0.3 is 12.4 Å². The first-order valence-corrected chi connectivity index (χ1v) is 14.1. The molecular weight excluding hydrogens is 602 g/mol. The van der Waals surface area contributed by atoms with Crippen molar-refractivity contribution in [2.24, 2.45) is 5.14 Å². The van der Waals surface area contributed by atoms with E-state index >= 15 is 0 Å². The van der Waals surface area contributed by atoms with Crippen LogP contribution < -0.4 is 20.3 Å². The van der Waals surface area contributed by atoms with Gasteiger partial charge in [-0.1, -0.05) is 0 Å². The predicted octanol–water partition coefficient (Wildman–Crippen LogP) is 2.94. The monoisotopic (exact) mass is 624 g/mol. The zero-order valence-electron chi connectivity index (χ0n) is 20.3. The van der Waals surface area contributed by atoms with Gasteiger partial charge in [-0.3, -0.25) is 10.1 Å². The Labute approximate surface area is 223 Å². The highest BCUT2D eigenvalue weighted by atomic mass is 32.2. The van der Waals surface area contributed by atoms with E-state index in [0.717, 1.165) is 6.07 Å². The second kappa shape index (κ2) is 12.0. The summed E-state index contributed by atoms with van der Waals surface area (Å²) in [5, 5.41) is 14.1. The fourth-order valence-electron chi connectivity index (χ4n) is 3.33. The van der Waals surface area contributed by atoms with Crippen LogP contribution in [0.4, 0.5) is 37.7 Å². The minimum absolute atomic E-state index is 0.253. The molecule has 0 saturated carbocycles. The summed E-state index contributed by atoms with van der Waals surface area (Å²) in [6.45, 7) is -2.18. The number of nitrogen functional groups attached to an aromatic ring is 1. The molecule has 2 aromatic carbocycles. The third-order valence-corrected chi connectivity index (χ3v) is 7.70. The van der Waals surface area contributed by atoms with Crippen LogP contribution in [0.1, 0.15) is 17.5 Å². The zero-order valence-corrected chi connectivity index (χ0v) is 21.9. The SMILES string of the molecule is CS(=O)(=O)N(CCOc1cc(N)cc(C(F)(F)F)c1)C(CCOc1cc([N+](=O)[O-])cc(C(F)(F)F)c1)S(N)(=O)=O. The van der Waals surface area contributed by atoms with E-state index in [1.54, 1.807) is 0 Å². The van der Waals surface area contributed by atoms with E-state index in [9.17, 15) is 53.3 Å². The molecule has 20 heteroatoms. The number of halogens is 6. The van der Waals surface area contributed by atoms with Gasteiger partial charge in [0, 0.05) is 30.8 Å². The number of benzene rings is 2. The van der Waals surface area contributed by atoms with Crippen LogP contribution in [-0.2, 0) is 32.4 Å². The summed E-state index contributed by atoms with van der Waals surface area (Å²) < 4.78 is 138. The highest BCUT2D eigenvalue weighted by Gasteiger charge is 2.36. The van der Waals surface area contributed by atoms with Gasteiger partial charge in [-0.25, -0.2) is 22.0 Å². The lowest BCUT2D eigenvalue weighted by Crippen LogP contribution is -2.49. The van der Waals surface area contributed by atoms with E-state index in [-0.39, 0.29) is 11.8 Å². The van der Waals surface area contributed by atoms with Crippen molar-refractivity contribution in [1.29, 1.82) is 0 Å². The summed E-state index contributed by atoms with van der Waals surface area (Å²) in [5.74, 6) is -1.06. The minimum Gasteiger partial charge on any atom is -0.493 e. The molecule has 12 nitrogen and oxygen atoms in total. The molecule has 1 atom stereocenters. The first-order chi connectivity index (χ1) is 18.1. The van der Waals surface area contributed by atoms with Crippen molar-refractivity contribution < 1.29 is 57.6 Å². The normalized spacial score (nSPS) is 13.7. The molecule has 0 bridgehead atoms. The Morgan fingerprint density at radius 2 is 1.40 bits per heavy atom. The number of rotatable bonds is 12. The number of nitrogens with two attached hydrogens (primary N) is 2. The number of alkyl halides is 6. The molecule has 4 N–H and O–H groups in total. The Bertz CT molecular complexity index is 1450. The predicted molar refractivity (Wildman–Crippen MR) is 128 cm³/mol. The van der Waals surface area contributed by atoms with Crippen molar-refractivity contribution in [2.75, 3.05) is 31.7 Å². The first-order valence-electron chi connectivity index (χ1n) is 10.7. The van der Waals surface area contributed by atoms with Crippen LogP contribution >= 0.6 is 0 Å². The maximum Gasteiger partial charge on any atom is 0.416 e.